The number of rotatable bonds is 8. The molecule has 1 atom stereocenters. The van der Waals surface area contributed by atoms with E-state index in [-0.39, 0.29) is 0 Å². The lowest BCUT2D eigenvalue weighted by Crippen LogP contribution is -2.35. The third kappa shape index (κ3) is 4.49. The summed E-state index contributed by atoms with van der Waals surface area (Å²) in [5, 5.41) is 3.45. The lowest BCUT2D eigenvalue weighted by molar-refractivity contribution is 0.112. The van der Waals surface area contributed by atoms with Crippen molar-refractivity contribution in [2.45, 2.75) is 33.1 Å². The third-order valence-corrected chi connectivity index (χ3v) is 3.13. The van der Waals surface area contributed by atoms with Gasteiger partial charge >= 0.3 is 0 Å². The van der Waals surface area contributed by atoms with Gasteiger partial charge in [0.1, 0.15) is 0 Å². The first kappa shape index (κ1) is 12.9. The van der Waals surface area contributed by atoms with Crippen molar-refractivity contribution in [1.29, 1.82) is 0 Å². The zero-order chi connectivity index (χ0) is 11.0. The van der Waals surface area contributed by atoms with Crippen molar-refractivity contribution < 1.29 is 9.47 Å². The van der Waals surface area contributed by atoms with Crippen LogP contribution in [-0.2, 0) is 9.47 Å². The highest BCUT2D eigenvalue weighted by molar-refractivity contribution is 4.85. The highest BCUT2D eigenvalue weighted by Crippen LogP contribution is 2.32. The van der Waals surface area contributed by atoms with Crippen LogP contribution >= 0.6 is 0 Å². The van der Waals surface area contributed by atoms with Gasteiger partial charge in [-0.3, -0.25) is 0 Å². The van der Waals surface area contributed by atoms with Crippen molar-refractivity contribution in [3.8, 4) is 0 Å². The lowest BCUT2D eigenvalue weighted by atomic mass is 9.82. The first-order valence-corrected chi connectivity index (χ1v) is 6.19. The van der Waals surface area contributed by atoms with Gasteiger partial charge < -0.3 is 14.8 Å². The van der Waals surface area contributed by atoms with Gasteiger partial charge in [-0.1, -0.05) is 6.92 Å². The Morgan fingerprint density at radius 3 is 2.87 bits per heavy atom. The quantitative estimate of drug-likeness (QED) is 0.627. The molecular weight excluding hydrogens is 190 g/mol. The Bertz CT molecular complexity index is 156. The second-order valence-corrected chi connectivity index (χ2v) is 4.38. The molecule has 0 amide bonds. The second kappa shape index (κ2) is 7.20. The zero-order valence-electron chi connectivity index (χ0n) is 10.2. The maximum Gasteiger partial charge on any atom is 0.0535 e. The molecule has 1 rings (SSSR count). The maximum absolute atomic E-state index is 5.53. The molecule has 0 spiro atoms. The Morgan fingerprint density at radius 2 is 2.27 bits per heavy atom. The van der Waals surface area contributed by atoms with E-state index in [0.717, 1.165) is 45.9 Å². The molecule has 0 aromatic heterocycles. The number of hydrogen-bond donors (Lipinski definition) is 1. The number of ether oxygens (including phenoxy) is 2. The monoisotopic (exact) mass is 215 g/mol. The minimum Gasteiger partial charge on any atom is -0.382 e. The molecule has 0 radical (unpaired) electrons. The van der Waals surface area contributed by atoms with Crippen molar-refractivity contribution in [3.63, 3.8) is 0 Å². The van der Waals surface area contributed by atoms with Crippen LogP contribution in [0.4, 0.5) is 0 Å². The van der Waals surface area contributed by atoms with Gasteiger partial charge in [0.2, 0.25) is 0 Å². The largest absolute Gasteiger partial charge is 0.382 e. The number of hydrogen-bond acceptors (Lipinski definition) is 3. The zero-order valence-corrected chi connectivity index (χ0v) is 10.2. The van der Waals surface area contributed by atoms with E-state index >= 15 is 0 Å². The van der Waals surface area contributed by atoms with Crippen LogP contribution in [0.3, 0.4) is 0 Å². The fourth-order valence-electron chi connectivity index (χ4n) is 2.16. The van der Waals surface area contributed by atoms with Gasteiger partial charge in [0.15, 0.2) is 0 Å². The van der Waals surface area contributed by atoms with Gasteiger partial charge in [-0.05, 0) is 32.7 Å². The smallest absolute Gasteiger partial charge is 0.0535 e. The molecule has 0 saturated carbocycles. The third-order valence-electron chi connectivity index (χ3n) is 3.13. The SMILES string of the molecule is CCNCC1(CCCOCC)CCOC1. The fourth-order valence-corrected chi connectivity index (χ4v) is 2.16. The molecule has 1 heterocycles. The first-order chi connectivity index (χ1) is 7.33. The summed E-state index contributed by atoms with van der Waals surface area (Å²) in [7, 11) is 0. The molecule has 1 fully saturated rings. The van der Waals surface area contributed by atoms with Gasteiger partial charge in [-0.2, -0.15) is 0 Å². The molecule has 3 nitrogen and oxygen atoms in total. The van der Waals surface area contributed by atoms with Crippen molar-refractivity contribution in [2.75, 3.05) is 39.5 Å². The summed E-state index contributed by atoms with van der Waals surface area (Å²) < 4.78 is 10.9. The average molecular weight is 215 g/mol. The molecule has 1 aliphatic heterocycles. The summed E-state index contributed by atoms with van der Waals surface area (Å²) in [6.07, 6.45) is 3.58. The highest BCUT2D eigenvalue weighted by Gasteiger charge is 2.33. The van der Waals surface area contributed by atoms with E-state index in [4.69, 9.17) is 9.47 Å². The van der Waals surface area contributed by atoms with E-state index in [1.165, 1.54) is 12.8 Å². The summed E-state index contributed by atoms with van der Waals surface area (Å²) in [5.74, 6) is 0. The van der Waals surface area contributed by atoms with Crippen LogP contribution in [0.5, 0.6) is 0 Å². The van der Waals surface area contributed by atoms with E-state index in [9.17, 15) is 0 Å². The molecule has 3 heteroatoms. The Morgan fingerprint density at radius 1 is 1.40 bits per heavy atom. The topological polar surface area (TPSA) is 30.5 Å². The van der Waals surface area contributed by atoms with Crippen LogP contribution in [0.15, 0.2) is 0 Å². The van der Waals surface area contributed by atoms with E-state index in [1.54, 1.807) is 0 Å². The molecule has 0 aliphatic carbocycles. The van der Waals surface area contributed by atoms with Gasteiger partial charge in [0, 0.05) is 31.8 Å². The van der Waals surface area contributed by atoms with Crippen LogP contribution in [0.1, 0.15) is 33.1 Å². The van der Waals surface area contributed by atoms with Crippen molar-refractivity contribution in [2.24, 2.45) is 5.41 Å². The molecule has 90 valence electrons. The lowest BCUT2D eigenvalue weighted by Gasteiger charge is -2.27. The van der Waals surface area contributed by atoms with Crippen LogP contribution in [-0.4, -0.2) is 39.5 Å². The minimum absolute atomic E-state index is 0.382. The Kier molecular flexibility index (Phi) is 6.22. The Labute approximate surface area is 93.5 Å². The summed E-state index contributed by atoms with van der Waals surface area (Å²) in [6, 6.07) is 0. The fraction of sp³-hybridized carbons (Fsp3) is 1.00. The van der Waals surface area contributed by atoms with E-state index in [1.807, 2.05) is 6.92 Å². The van der Waals surface area contributed by atoms with Crippen molar-refractivity contribution >= 4 is 0 Å². The Hall–Kier alpha value is -0.120. The minimum atomic E-state index is 0.382. The van der Waals surface area contributed by atoms with Crippen LogP contribution in [0.2, 0.25) is 0 Å². The molecule has 1 unspecified atom stereocenters. The molecular formula is C12H25NO2. The molecule has 0 aromatic rings. The van der Waals surface area contributed by atoms with Crippen molar-refractivity contribution in [1.82, 2.24) is 5.32 Å². The van der Waals surface area contributed by atoms with E-state index in [2.05, 4.69) is 12.2 Å². The normalized spacial score (nSPS) is 26.0. The Balaban J connectivity index is 2.23. The predicted molar refractivity (Wildman–Crippen MR) is 62.1 cm³/mol. The summed E-state index contributed by atoms with van der Waals surface area (Å²) in [6.45, 7) is 9.92. The maximum atomic E-state index is 5.53. The van der Waals surface area contributed by atoms with Crippen LogP contribution in [0, 0.1) is 5.41 Å². The van der Waals surface area contributed by atoms with Gasteiger partial charge in [-0.15, -0.1) is 0 Å². The van der Waals surface area contributed by atoms with Gasteiger partial charge in [0.25, 0.3) is 0 Å². The van der Waals surface area contributed by atoms with E-state index < -0.39 is 0 Å². The average Bonchev–Trinajstić information content (AvgIpc) is 2.71. The molecule has 1 saturated heterocycles. The standard InChI is InChI=1S/C12H25NO2/c1-3-13-10-12(7-9-15-11-12)6-5-8-14-4-2/h13H,3-11H2,1-2H3. The summed E-state index contributed by atoms with van der Waals surface area (Å²) in [5.41, 5.74) is 0.382. The van der Waals surface area contributed by atoms with Gasteiger partial charge in [0.05, 0.1) is 6.61 Å². The number of nitrogens with one attached hydrogen (secondary N) is 1. The molecule has 1 N–H and O–H groups in total. The van der Waals surface area contributed by atoms with E-state index in [0.29, 0.717) is 5.41 Å². The summed E-state index contributed by atoms with van der Waals surface area (Å²) >= 11 is 0. The molecule has 0 bridgehead atoms. The predicted octanol–water partition coefficient (Wildman–Crippen LogP) is 1.82. The first-order valence-electron chi connectivity index (χ1n) is 6.19. The van der Waals surface area contributed by atoms with Crippen LogP contribution in [0.25, 0.3) is 0 Å². The molecule has 1 aliphatic rings. The molecule has 15 heavy (non-hydrogen) atoms. The molecule has 0 aromatic carbocycles. The highest BCUT2D eigenvalue weighted by atomic mass is 16.5. The summed E-state index contributed by atoms with van der Waals surface area (Å²) in [4.78, 5) is 0. The van der Waals surface area contributed by atoms with Gasteiger partial charge in [-0.25, -0.2) is 0 Å². The van der Waals surface area contributed by atoms with Crippen LogP contribution < -0.4 is 5.32 Å². The second-order valence-electron chi connectivity index (χ2n) is 4.38. The van der Waals surface area contributed by atoms with Crippen molar-refractivity contribution in [3.05, 3.63) is 0 Å².